The highest BCUT2D eigenvalue weighted by Gasteiger charge is 2.11. The number of fused-ring (bicyclic) bond motifs is 1. The molecule has 0 bridgehead atoms. The van der Waals surface area contributed by atoms with E-state index in [1.165, 1.54) is 0 Å². The van der Waals surface area contributed by atoms with Gasteiger partial charge >= 0.3 is 0 Å². The number of aryl methyl sites for hydroxylation is 1. The van der Waals surface area contributed by atoms with E-state index in [1.54, 1.807) is 7.11 Å². The number of hydrogen-bond acceptors (Lipinski definition) is 4. The second-order valence-electron chi connectivity index (χ2n) is 4.62. The van der Waals surface area contributed by atoms with Gasteiger partial charge in [0.1, 0.15) is 5.65 Å². The molecule has 0 aliphatic heterocycles. The Labute approximate surface area is 113 Å². The zero-order valence-corrected chi connectivity index (χ0v) is 11.5. The number of nitrogens with one attached hydrogen (secondary N) is 1. The number of nitrogens with zero attached hydrogens (tertiary/aromatic N) is 2. The van der Waals surface area contributed by atoms with Crippen molar-refractivity contribution in [1.29, 1.82) is 0 Å². The minimum absolute atomic E-state index is 0.156. The van der Waals surface area contributed by atoms with Crippen molar-refractivity contribution in [3.63, 3.8) is 0 Å². The van der Waals surface area contributed by atoms with Crippen LogP contribution in [-0.4, -0.2) is 40.9 Å². The summed E-state index contributed by atoms with van der Waals surface area (Å²) in [7, 11) is 1.67. The number of aliphatic hydroxyl groups excluding tert-OH is 1. The number of rotatable bonds is 7. The van der Waals surface area contributed by atoms with Gasteiger partial charge in [0.25, 0.3) is 0 Å². The van der Waals surface area contributed by atoms with Crippen LogP contribution in [-0.2, 0) is 11.3 Å². The van der Waals surface area contributed by atoms with E-state index in [1.807, 2.05) is 31.3 Å². The van der Waals surface area contributed by atoms with Crippen LogP contribution in [0.1, 0.15) is 17.8 Å². The Kier molecular flexibility index (Phi) is 4.90. The molecule has 2 N–H and O–H groups in total. The third kappa shape index (κ3) is 3.32. The van der Waals surface area contributed by atoms with E-state index in [2.05, 4.69) is 14.7 Å². The number of aliphatic hydroxyl groups is 1. The predicted molar refractivity (Wildman–Crippen MR) is 74.1 cm³/mol. The summed E-state index contributed by atoms with van der Waals surface area (Å²) in [6.45, 7) is 3.48. The van der Waals surface area contributed by atoms with Gasteiger partial charge < -0.3 is 19.6 Å². The van der Waals surface area contributed by atoms with E-state index in [0.29, 0.717) is 19.6 Å². The fraction of sp³-hybridized carbons (Fsp3) is 0.500. The van der Waals surface area contributed by atoms with Crippen molar-refractivity contribution in [3.8, 4) is 0 Å². The van der Waals surface area contributed by atoms with Crippen LogP contribution in [0.2, 0.25) is 0 Å². The van der Waals surface area contributed by atoms with Crippen molar-refractivity contribution < 1.29 is 9.84 Å². The van der Waals surface area contributed by atoms with Crippen LogP contribution < -0.4 is 5.32 Å². The SMILES string of the molecule is COCC(CCO)NCc1c(C)nc2ccccn12. The summed E-state index contributed by atoms with van der Waals surface area (Å²) in [4.78, 5) is 4.53. The monoisotopic (exact) mass is 263 g/mol. The second-order valence-corrected chi connectivity index (χ2v) is 4.62. The Morgan fingerprint density at radius 1 is 1.47 bits per heavy atom. The normalized spacial score (nSPS) is 13.0. The van der Waals surface area contributed by atoms with Crippen LogP contribution in [0.3, 0.4) is 0 Å². The van der Waals surface area contributed by atoms with E-state index >= 15 is 0 Å². The van der Waals surface area contributed by atoms with Crippen molar-refractivity contribution >= 4 is 5.65 Å². The number of methoxy groups -OCH3 is 1. The molecule has 0 fully saturated rings. The van der Waals surface area contributed by atoms with Crippen LogP contribution in [0.4, 0.5) is 0 Å². The summed E-state index contributed by atoms with van der Waals surface area (Å²) in [6, 6.07) is 6.14. The summed E-state index contributed by atoms with van der Waals surface area (Å²) in [5.41, 5.74) is 3.13. The molecule has 19 heavy (non-hydrogen) atoms. The van der Waals surface area contributed by atoms with Crippen molar-refractivity contribution in [3.05, 3.63) is 35.8 Å². The molecule has 5 heteroatoms. The molecule has 2 heterocycles. The maximum Gasteiger partial charge on any atom is 0.137 e. The minimum atomic E-state index is 0.156. The van der Waals surface area contributed by atoms with Gasteiger partial charge in [0.05, 0.1) is 18.0 Å². The lowest BCUT2D eigenvalue weighted by Gasteiger charge is -2.16. The molecule has 0 radical (unpaired) electrons. The van der Waals surface area contributed by atoms with Crippen LogP contribution in [0.25, 0.3) is 5.65 Å². The Hall–Kier alpha value is -1.43. The van der Waals surface area contributed by atoms with Gasteiger partial charge in [-0.25, -0.2) is 4.98 Å². The standard InChI is InChI=1S/C14H21N3O2/c1-11-13(9-15-12(6-8-18)10-19-2)17-7-4-3-5-14(17)16-11/h3-5,7,12,15,18H,6,8-10H2,1-2H3. The highest BCUT2D eigenvalue weighted by molar-refractivity contribution is 5.42. The van der Waals surface area contributed by atoms with Gasteiger partial charge in [-0.05, 0) is 25.5 Å². The topological polar surface area (TPSA) is 58.8 Å². The van der Waals surface area contributed by atoms with Gasteiger partial charge in [0.2, 0.25) is 0 Å². The van der Waals surface area contributed by atoms with E-state index in [4.69, 9.17) is 9.84 Å². The van der Waals surface area contributed by atoms with E-state index < -0.39 is 0 Å². The van der Waals surface area contributed by atoms with Gasteiger partial charge in [-0.15, -0.1) is 0 Å². The number of hydrogen-bond donors (Lipinski definition) is 2. The summed E-state index contributed by atoms with van der Waals surface area (Å²) in [6.07, 6.45) is 2.70. The first-order valence-corrected chi connectivity index (χ1v) is 6.52. The third-order valence-electron chi connectivity index (χ3n) is 3.23. The zero-order valence-electron chi connectivity index (χ0n) is 11.5. The highest BCUT2D eigenvalue weighted by Crippen LogP contribution is 2.11. The van der Waals surface area contributed by atoms with Crippen molar-refractivity contribution in [2.45, 2.75) is 25.9 Å². The molecule has 1 unspecified atom stereocenters. The molecule has 0 aromatic carbocycles. The molecule has 0 aliphatic carbocycles. The van der Waals surface area contributed by atoms with Crippen LogP contribution in [0.15, 0.2) is 24.4 Å². The summed E-state index contributed by atoms with van der Waals surface area (Å²) < 4.78 is 7.24. The van der Waals surface area contributed by atoms with Gasteiger partial charge in [0, 0.05) is 32.5 Å². The summed E-state index contributed by atoms with van der Waals surface area (Å²) in [5, 5.41) is 12.4. The summed E-state index contributed by atoms with van der Waals surface area (Å²) in [5.74, 6) is 0. The smallest absolute Gasteiger partial charge is 0.137 e. The van der Waals surface area contributed by atoms with Crippen LogP contribution >= 0.6 is 0 Å². The molecular formula is C14H21N3O2. The lowest BCUT2D eigenvalue weighted by molar-refractivity contribution is 0.147. The van der Waals surface area contributed by atoms with Gasteiger partial charge in [0.15, 0.2) is 0 Å². The molecule has 2 aromatic rings. The van der Waals surface area contributed by atoms with E-state index in [9.17, 15) is 0 Å². The first-order chi connectivity index (χ1) is 9.26. The lowest BCUT2D eigenvalue weighted by Crippen LogP contribution is -2.34. The number of aromatic nitrogens is 2. The molecule has 2 rings (SSSR count). The third-order valence-corrected chi connectivity index (χ3v) is 3.23. The molecule has 0 aliphatic rings. The van der Waals surface area contributed by atoms with Gasteiger partial charge in [-0.3, -0.25) is 0 Å². The quantitative estimate of drug-likeness (QED) is 0.786. The maximum absolute atomic E-state index is 9.03. The molecule has 1 atom stereocenters. The Balaban J connectivity index is 2.10. The minimum Gasteiger partial charge on any atom is -0.396 e. The lowest BCUT2D eigenvalue weighted by atomic mass is 10.2. The zero-order chi connectivity index (χ0) is 13.7. The first-order valence-electron chi connectivity index (χ1n) is 6.52. The van der Waals surface area contributed by atoms with Crippen molar-refractivity contribution in [1.82, 2.24) is 14.7 Å². The Bertz CT molecular complexity index is 518. The van der Waals surface area contributed by atoms with Crippen molar-refractivity contribution in [2.24, 2.45) is 0 Å². The predicted octanol–water partition coefficient (Wildman–Crippen LogP) is 1.13. The van der Waals surface area contributed by atoms with E-state index in [-0.39, 0.29) is 12.6 Å². The summed E-state index contributed by atoms with van der Waals surface area (Å²) >= 11 is 0. The van der Waals surface area contributed by atoms with E-state index in [0.717, 1.165) is 17.0 Å². The maximum atomic E-state index is 9.03. The fourth-order valence-corrected chi connectivity index (χ4v) is 2.22. The Morgan fingerprint density at radius 3 is 3.05 bits per heavy atom. The average Bonchev–Trinajstić information content (AvgIpc) is 2.72. The molecule has 0 saturated carbocycles. The fourth-order valence-electron chi connectivity index (χ4n) is 2.22. The second kappa shape index (κ2) is 6.65. The molecule has 5 nitrogen and oxygen atoms in total. The molecule has 2 aromatic heterocycles. The Morgan fingerprint density at radius 2 is 2.32 bits per heavy atom. The average molecular weight is 263 g/mol. The molecule has 0 spiro atoms. The number of pyridine rings is 1. The van der Waals surface area contributed by atoms with Gasteiger partial charge in [-0.2, -0.15) is 0 Å². The largest absolute Gasteiger partial charge is 0.396 e. The number of ether oxygens (including phenoxy) is 1. The first kappa shape index (κ1) is 14.0. The van der Waals surface area contributed by atoms with Crippen molar-refractivity contribution in [2.75, 3.05) is 20.3 Å². The molecule has 104 valence electrons. The van der Waals surface area contributed by atoms with Crippen LogP contribution in [0.5, 0.6) is 0 Å². The van der Waals surface area contributed by atoms with Crippen LogP contribution in [0, 0.1) is 6.92 Å². The molecule has 0 amide bonds. The highest BCUT2D eigenvalue weighted by atomic mass is 16.5. The van der Waals surface area contributed by atoms with Gasteiger partial charge in [-0.1, -0.05) is 6.07 Å². The molecule has 0 saturated heterocycles. The molecular weight excluding hydrogens is 242 g/mol. The number of imidazole rings is 1.